The summed E-state index contributed by atoms with van der Waals surface area (Å²) in [6.07, 6.45) is 0. The number of benzene rings is 2. The van der Waals surface area contributed by atoms with Crippen molar-refractivity contribution < 1.29 is 22.7 Å². The van der Waals surface area contributed by atoms with E-state index in [4.69, 9.17) is 4.42 Å². The predicted molar refractivity (Wildman–Crippen MR) is 106 cm³/mol. The van der Waals surface area contributed by atoms with Crippen LogP contribution in [0.5, 0.6) is 0 Å². The number of aliphatic carboxylic acids is 1. The van der Waals surface area contributed by atoms with E-state index in [1.165, 1.54) is 18.2 Å². The fourth-order valence-electron chi connectivity index (χ4n) is 2.66. The van der Waals surface area contributed by atoms with Gasteiger partial charge in [0.2, 0.25) is 21.8 Å². The first-order chi connectivity index (χ1) is 13.7. The quantitative estimate of drug-likeness (QED) is 0.608. The van der Waals surface area contributed by atoms with Crippen LogP contribution in [0.25, 0.3) is 22.9 Å². The van der Waals surface area contributed by atoms with Gasteiger partial charge in [0.25, 0.3) is 0 Å². The number of carboxylic acids is 1. The van der Waals surface area contributed by atoms with Gasteiger partial charge in [0.15, 0.2) is 0 Å². The zero-order valence-electron chi connectivity index (χ0n) is 16.2. The van der Waals surface area contributed by atoms with Gasteiger partial charge in [0, 0.05) is 11.1 Å². The third kappa shape index (κ3) is 4.69. The molecule has 152 valence electrons. The minimum atomic E-state index is -4.05. The monoisotopic (exact) mass is 415 g/mol. The second kappa shape index (κ2) is 8.14. The molecule has 1 atom stereocenters. The molecule has 0 amide bonds. The second-order valence-corrected chi connectivity index (χ2v) is 8.70. The molecule has 29 heavy (non-hydrogen) atoms. The number of nitrogens with zero attached hydrogens (tertiary/aromatic N) is 2. The molecule has 2 N–H and O–H groups in total. The van der Waals surface area contributed by atoms with Crippen LogP contribution in [0.2, 0.25) is 0 Å². The minimum absolute atomic E-state index is 0.0861. The van der Waals surface area contributed by atoms with Gasteiger partial charge < -0.3 is 9.52 Å². The maximum atomic E-state index is 12.7. The van der Waals surface area contributed by atoms with Gasteiger partial charge in [-0.3, -0.25) is 4.79 Å². The lowest BCUT2D eigenvalue weighted by molar-refractivity contribution is -0.140. The number of hydrogen-bond donors (Lipinski definition) is 2. The van der Waals surface area contributed by atoms with E-state index in [1.807, 2.05) is 31.2 Å². The molecule has 0 aliphatic carbocycles. The summed E-state index contributed by atoms with van der Waals surface area (Å²) in [6, 6.07) is 12.2. The molecule has 1 aromatic heterocycles. The molecule has 0 saturated heterocycles. The highest BCUT2D eigenvalue weighted by Crippen LogP contribution is 2.26. The average molecular weight is 415 g/mol. The molecule has 2 aromatic carbocycles. The maximum absolute atomic E-state index is 12.7. The van der Waals surface area contributed by atoms with Gasteiger partial charge in [-0.15, -0.1) is 10.2 Å². The molecule has 0 unspecified atom stereocenters. The first-order valence-corrected chi connectivity index (χ1v) is 10.4. The maximum Gasteiger partial charge on any atom is 0.322 e. The second-order valence-electron chi connectivity index (χ2n) is 6.99. The summed E-state index contributed by atoms with van der Waals surface area (Å²) < 4.78 is 33.2. The van der Waals surface area contributed by atoms with E-state index < -0.39 is 28.0 Å². The van der Waals surface area contributed by atoms with Gasteiger partial charge in [0.1, 0.15) is 6.04 Å². The van der Waals surface area contributed by atoms with Crippen molar-refractivity contribution in [3.63, 3.8) is 0 Å². The normalized spacial score (nSPS) is 12.8. The van der Waals surface area contributed by atoms with Crippen molar-refractivity contribution in [2.24, 2.45) is 5.92 Å². The third-order valence-electron chi connectivity index (χ3n) is 4.33. The van der Waals surface area contributed by atoms with Crippen LogP contribution in [-0.4, -0.2) is 35.7 Å². The van der Waals surface area contributed by atoms with Gasteiger partial charge in [-0.25, -0.2) is 8.42 Å². The van der Waals surface area contributed by atoms with Gasteiger partial charge in [-0.2, -0.15) is 4.72 Å². The Kier molecular flexibility index (Phi) is 5.81. The summed E-state index contributed by atoms with van der Waals surface area (Å²) in [5.74, 6) is -1.17. The molecule has 0 fully saturated rings. The van der Waals surface area contributed by atoms with E-state index in [9.17, 15) is 18.3 Å². The van der Waals surface area contributed by atoms with E-state index in [2.05, 4.69) is 14.9 Å². The number of sulfonamides is 1. The number of nitrogens with one attached hydrogen (secondary N) is 1. The molecule has 0 bridgehead atoms. The van der Waals surface area contributed by atoms with Crippen LogP contribution in [0.3, 0.4) is 0 Å². The summed E-state index contributed by atoms with van der Waals surface area (Å²) in [6.45, 7) is 5.22. The fourth-order valence-corrected chi connectivity index (χ4v) is 4.04. The summed E-state index contributed by atoms with van der Waals surface area (Å²) in [5, 5.41) is 17.3. The summed E-state index contributed by atoms with van der Waals surface area (Å²) in [7, 11) is -4.05. The standard InChI is InChI=1S/C20H21N3O5S/c1-12(2)17(20(24)25)23-29(26,27)16-6-4-5-15(11-16)19-22-21-18(28-19)14-9-7-13(3)8-10-14/h4-12,17,23H,1-3H3,(H,24,25)/t17-/m1/s1. The van der Waals surface area contributed by atoms with Crippen LogP contribution in [0.15, 0.2) is 57.8 Å². The van der Waals surface area contributed by atoms with E-state index in [1.54, 1.807) is 19.9 Å². The molecule has 0 saturated carbocycles. The van der Waals surface area contributed by atoms with Crippen molar-refractivity contribution in [2.45, 2.75) is 31.7 Å². The van der Waals surface area contributed by atoms with Crippen LogP contribution >= 0.6 is 0 Å². The Balaban J connectivity index is 1.90. The minimum Gasteiger partial charge on any atom is -0.480 e. The highest BCUT2D eigenvalue weighted by Gasteiger charge is 2.28. The van der Waals surface area contributed by atoms with Crippen molar-refractivity contribution in [1.29, 1.82) is 0 Å². The third-order valence-corrected chi connectivity index (χ3v) is 5.77. The van der Waals surface area contributed by atoms with Gasteiger partial charge >= 0.3 is 5.97 Å². The van der Waals surface area contributed by atoms with Crippen molar-refractivity contribution in [3.05, 3.63) is 54.1 Å². The van der Waals surface area contributed by atoms with E-state index in [-0.39, 0.29) is 10.8 Å². The Morgan fingerprint density at radius 1 is 1.03 bits per heavy atom. The predicted octanol–water partition coefficient (Wildman–Crippen LogP) is 3.10. The van der Waals surface area contributed by atoms with E-state index in [0.717, 1.165) is 11.1 Å². The number of aryl methyl sites for hydroxylation is 1. The molecule has 9 heteroatoms. The van der Waals surface area contributed by atoms with Crippen molar-refractivity contribution in [1.82, 2.24) is 14.9 Å². The summed E-state index contributed by atoms with van der Waals surface area (Å²) in [4.78, 5) is 11.3. The highest BCUT2D eigenvalue weighted by molar-refractivity contribution is 7.89. The summed E-state index contributed by atoms with van der Waals surface area (Å²) >= 11 is 0. The Hall–Kier alpha value is -3.04. The molecular formula is C20H21N3O5S. The first kappa shape index (κ1) is 20.7. The zero-order chi connectivity index (χ0) is 21.2. The van der Waals surface area contributed by atoms with Crippen molar-refractivity contribution >= 4 is 16.0 Å². The molecule has 0 spiro atoms. The van der Waals surface area contributed by atoms with Crippen molar-refractivity contribution in [2.75, 3.05) is 0 Å². The Morgan fingerprint density at radius 2 is 1.66 bits per heavy atom. The lowest BCUT2D eigenvalue weighted by Gasteiger charge is -2.18. The fraction of sp³-hybridized carbons (Fsp3) is 0.250. The average Bonchev–Trinajstić information content (AvgIpc) is 3.16. The number of rotatable bonds is 7. The first-order valence-electron chi connectivity index (χ1n) is 8.93. The molecule has 3 aromatic rings. The molecule has 1 heterocycles. The molecule has 0 aliphatic heterocycles. The molecule has 8 nitrogen and oxygen atoms in total. The Labute approximate surface area is 168 Å². The number of hydrogen-bond acceptors (Lipinski definition) is 6. The van der Waals surface area contributed by atoms with Crippen molar-refractivity contribution in [3.8, 4) is 22.9 Å². The van der Waals surface area contributed by atoms with Gasteiger partial charge in [-0.05, 0) is 43.2 Å². The smallest absolute Gasteiger partial charge is 0.322 e. The number of carboxylic acid groups (broad SMARTS) is 1. The highest BCUT2D eigenvalue weighted by atomic mass is 32.2. The molecule has 0 radical (unpaired) electrons. The number of carbonyl (C=O) groups is 1. The topological polar surface area (TPSA) is 122 Å². The zero-order valence-corrected chi connectivity index (χ0v) is 17.0. The van der Waals surface area contributed by atoms with Crippen LogP contribution in [-0.2, 0) is 14.8 Å². The van der Waals surface area contributed by atoms with E-state index >= 15 is 0 Å². The number of aromatic nitrogens is 2. The molecule has 3 rings (SSSR count). The Bertz CT molecular complexity index is 1120. The van der Waals surface area contributed by atoms with Crippen LogP contribution in [0, 0.1) is 12.8 Å². The van der Waals surface area contributed by atoms with Crippen LogP contribution in [0.4, 0.5) is 0 Å². The lowest BCUT2D eigenvalue weighted by Crippen LogP contribution is -2.44. The van der Waals surface area contributed by atoms with Gasteiger partial charge in [0.05, 0.1) is 4.90 Å². The lowest BCUT2D eigenvalue weighted by atomic mass is 10.1. The summed E-state index contributed by atoms with van der Waals surface area (Å²) in [5.41, 5.74) is 2.26. The Morgan fingerprint density at radius 3 is 2.24 bits per heavy atom. The van der Waals surface area contributed by atoms with Gasteiger partial charge in [-0.1, -0.05) is 37.6 Å². The van der Waals surface area contributed by atoms with E-state index in [0.29, 0.717) is 11.5 Å². The SMILES string of the molecule is Cc1ccc(-c2nnc(-c3cccc(S(=O)(=O)N[C@@H](C(=O)O)C(C)C)c3)o2)cc1. The largest absolute Gasteiger partial charge is 0.480 e. The molecule has 0 aliphatic rings. The van der Waals surface area contributed by atoms with Crippen LogP contribution < -0.4 is 4.72 Å². The molecular weight excluding hydrogens is 394 g/mol. The van der Waals surface area contributed by atoms with Crippen LogP contribution in [0.1, 0.15) is 19.4 Å².